The summed E-state index contributed by atoms with van der Waals surface area (Å²) in [7, 11) is 0. The zero-order valence-corrected chi connectivity index (χ0v) is 14.3. The van der Waals surface area contributed by atoms with E-state index in [-0.39, 0.29) is 0 Å². The van der Waals surface area contributed by atoms with Gasteiger partial charge in [0.2, 0.25) is 0 Å². The number of nitrogens with zero attached hydrogens (tertiary/aromatic N) is 1. The predicted molar refractivity (Wildman–Crippen MR) is 94.9 cm³/mol. The number of ether oxygens (including phenoxy) is 1. The molecule has 0 saturated carbocycles. The molecule has 1 saturated heterocycles. The van der Waals surface area contributed by atoms with Crippen LogP contribution in [-0.4, -0.2) is 32.8 Å². The van der Waals surface area contributed by atoms with E-state index in [4.69, 9.17) is 4.74 Å². The summed E-state index contributed by atoms with van der Waals surface area (Å²) in [5.74, 6) is 1.79. The molecule has 1 aromatic carbocycles. The summed E-state index contributed by atoms with van der Waals surface area (Å²) in [6.07, 6.45) is 6.32. The lowest BCUT2D eigenvalue weighted by Gasteiger charge is -2.19. The zero-order valence-electron chi connectivity index (χ0n) is 14.3. The van der Waals surface area contributed by atoms with Crippen LogP contribution in [0.3, 0.4) is 0 Å². The van der Waals surface area contributed by atoms with Crippen LogP contribution < -0.4 is 15.0 Å². The van der Waals surface area contributed by atoms with Crippen molar-refractivity contribution in [3.8, 4) is 5.75 Å². The second kappa shape index (κ2) is 9.73. The molecule has 1 heterocycles. The third-order valence-electron chi connectivity index (χ3n) is 4.44. The highest BCUT2D eigenvalue weighted by Gasteiger charge is 2.22. The van der Waals surface area contributed by atoms with Crippen LogP contribution in [0.1, 0.15) is 46.0 Å². The zero-order chi connectivity index (χ0) is 15.6. The van der Waals surface area contributed by atoms with E-state index in [9.17, 15) is 0 Å². The predicted octanol–water partition coefficient (Wildman–Crippen LogP) is 4.08. The molecule has 1 unspecified atom stereocenters. The van der Waals surface area contributed by atoms with Gasteiger partial charge in [0.1, 0.15) is 5.75 Å². The Labute approximate surface area is 136 Å². The molecule has 1 aliphatic heterocycles. The van der Waals surface area contributed by atoms with Crippen molar-refractivity contribution < 1.29 is 4.74 Å². The van der Waals surface area contributed by atoms with Gasteiger partial charge in [-0.1, -0.05) is 33.1 Å². The fourth-order valence-corrected chi connectivity index (χ4v) is 3.05. The van der Waals surface area contributed by atoms with Crippen LogP contribution in [0.2, 0.25) is 0 Å². The van der Waals surface area contributed by atoms with Crippen LogP contribution in [0, 0.1) is 5.92 Å². The van der Waals surface area contributed by atoms with Crippen molar-refractivity contribution in [2.45, 2.75) is 46.0 Å². The number of hydrogen-bond donors (Lipinski definition) is 1. The molecule has 1 atom stereocenters. The fraction of sp³-hybridized carbons (Fsp3) is 0.684. The van der Waals surface area contributed by atoms with Crippen molar-refractivity contribution >= 4 is 5.69 Å². The highest BCUT2D eigenvalue weighted by Crippen LogP contribution is 2.25. The molecule has 3 nitrogen and oxygen atoms in total. The van der Waals surface area contributed by atoms with Crippen molar-refractivity contribution in [3.05, 3.63) is 24.3 Å². The minimum Gasteiger partial charge on any atom is -0.494 e. The minimum absolute atomic E-state index is 0.787. The fourth-order valence-electron chi connectivity index (χ4n) is 3.05. The summed E-state index contributed by atoms with van der Waals surface area (Å²) in [5, 5.41) is 3.46. The molecule has 0 amide bonds. The molecular weight excluding hydrogens is 272 g/mol. The second-order valence-electron chi connectivity index (χ2n) is 6.31. The molecule has 0 spiro atoms. The monoisotopic (exact) mass is 304 g/mol. The molecule has 1 N–H and O–H groups in total. The van der Waals surface area contributed by atoms with Crippen LogP contribution in [0.15, 0.2) is 24.3 Å². The van der Waals surface area contributed by atoms with Gasteiger partial charge in [-0.25, -0.2) is 0 Å². The molecule has 22 heavy (non-hydrogen) atoms. The van der Waals surface area contributed by atoms with Gasteiger partial charge in [0.15, 0.2) is 0 Å². The molecule has 1 aromatic rings. The Balaban J connectivity index is 1.72. The molecule has 0 aromatic heterocycles. The molecule has 2 rings (SSSR count). The number of rotatable bonds is 10. The van der Waals surface area contributed by atoms with E-state index in [1.165, 1.54) is 44.5 Å². The first kappa shape index (κ1) is 17.1. The summed E-state index contributed by atoms with van der Waals surface area (Å²) in [6, 6.07) is 8.65. The third-order valence-corrected chi connectivity index (χ3v) is 4.44. The second-order valence-corrected chi connectivity index (χ2v) is 6.31. The first-order valence-corrected chi connectivity index (χ1v) is 9.02. The molecule has 3 heteroatoms. The lowest BCUT2D eigenvalue weighted by Crippen LogP contribution is -2.26. The van der Waals surface area contributed by atoms with Gasteiger partial charge in [0.25, 0.3) is 0 Å². The Morgan fingerprint density at radius 3 is 2.68 bits per heavy atom. The van der Waals surface area contributed by atoms with Crippen molar-refractivity contribution in [3.63, 3.8) is 0 Å². The lowest BCUT2D eigenvalue weighted by molar-refractivity contribution is 0.305. The summed E-state index contributed by atoms with van der Waals surface area (Å²) < 4.78 is 5.82. The maximum Gasteiger partial charge on any atom is 0.119 e. The topological polar surface area (TPSA) is 24.5 Å². The van der Waals surface area contributed by atoms with Crippen molar-refractivity contribution in [2.75, 3.05) is 37.7 Å². The van der Waals surface area contributed by atoms with Crippen molar-refractivity contribution in [2.24, 2.45) is 5.92 Å². The Morgan fingerprint density at radius 1 is 1.14 bits per heavy atom. The number of unbranched alkanes of at least 4 members (excludes halogenated alkanes) is 3. The van der Waals surface area contributed by atoms with Gasteiger partial charge >= 0.3 is 0 Å². The standard InChI is InChI=1S/C19H32N2O/c1-3-5-6-7-14-22-19-10-8-18(9-11-19)21-13-12-17(16-21)15-20-4-2/h8-11,17,20H,3-7,12-16H2,1-2H3. The smallest absolute Gasteiger partial charge is 0.119 e. The largest absolute Gasteiger partial charge is 0.494 e. The molecule has 1 aliphatic rings. The van der Waals surface area contributed by atoms with Gasteiger partial charge in [0.05, 0.1) is 6.61 Å². The SMILES string of the molecule is CCCCCCOc1ccc(N2CCC(CNCC)C2)cc1. The molecule has 0 radical (unpaired) electrons. The molecule has 124 valence electrons. The maximum atomic E-state index is 5.82. The first-order valence-electron chi connectivity index (χ1n) is 9.02. The number of nitrogens with one attached hydrogen (secondary N) is 1. The van der Waals surface area contributed by atoms with E-state index in [2.05, 4.69) is 48.3 Å². The van der Waals surface area contributed by atoms with E-state index >= 15 is 0 Å². The Hall–Kier alpha value is -1.22. The third kappa shape index (κ3) is 5.53. The Kier molecular flexibility index (Phi) is 7.58. The van der Waals surface area contributed by atoms with E-state index in [1.54, 1.807) is 0 Å². The average molecular weight is 304 g/mol. The molecular formula is C19H32N2O. The first-order chi connectivity index (χ1) is 10.8. The highest BCUT2D eigenvalue weighted by molar-refractivity contribution is 5.49. The van der Waals surface area contributed by atoms with E-state index < -0.39 is 0 Å². The Bertz CT molecular complexity index is 404. The number of benzene rings is 1. The van der Waals surface area contributed by atoms with Crippen molar-refractivity contribution in [1.82, 2.24) is 5.32 Å². The summed E-state index contributed by atoms with van der Waals surface area (Å²) in [4.78, 5) is 2.49. The van der Waals surface area contributed by atoms with Crippen LogP contribution in [0.5, 0.6) is 5.75 Å². The van der Waals surface area contributed by atoms with E-state index in [0.717, 1.165) is 37.8 Å². The Morgan fingerprint density at radius 2 is 1.95 bits per heavy atom. The normalized spacial score (nSPS) is 17.9. The molecule has 1 fully saturated rings. The van der Waals surface area contributed by atoms with E-state index in [0.29, 0.717) is 0 Å². The van der Waals surface area contributed by atoms with Crippen LogP contribution >= 0.6 is 0 Å². The maximum absolute atomic E-state index is 5.82. The van der Waals surface area contributed by atoms with Gasteiger partial charge in [-0.05, 0) is 56.1 Å². The van der Waals surface area contributed by atoms with Gasteiger partial charge in [-0.3, -0.25) is 0 Å². The molecule has 0 bridgehead atoms. The summed E-state index contributed by atoms with van der Waals surface area (Å²) in [6.45, 7) is 9.81. The van der Waals surface area contributed by atoms with Crippen LogP contribution in [-0.2, 0) is 0 Å². The van der Waals surface area contributed by atoms with E-state index in [1.807, 2.05) is 0 Å². The average Bonchev–Trinajstić information content (AvgIpc) is 3.02. The summed E-state index contributed by atoms with van der Waals surface area (Å²) in [5.41, 5.74) is 1.33. The van der Waals surface area contributed by atoms with Gasteiger partial charge in [-0.15, -0.1) is 0 Å². The van der Waals surface area contributed by atoms with Gasteiger partial charge in [0, 0.05) is 18.8 Å². The highest BCUT2D eigenvalue weighted by atomic mass is 16.5. The minimum atomic E-state index is 0.787. The van der Waals surface area contributed by atoms with Crippen LogP contribution in [0.25, 0.3) is 0 Å². The molecule has 0 aliphatic carbocycles. The summed E-state index contributed by atoms with van der Waals surface area (Å²) >= 11 is 0. The van der Waals surface area contributed by atoms with Crippen molar-refractivity contribution in [1.29, 1.82) is 0 Å². The van der Waals surface area contributed by atoms with Crippen LogP contribution in [0.4, 0.5) is 5.69 Å². The van der Waals surface area contributed by atoms with Gasteiger partial charge < -0.3 is 15.0 Å². The number of anilines is 1. The quantitative estimate of drug-likeness (QED) is 0.659. The number of hydrogen-bond acceptors (Lipinski definition) is 3. The van der Waals surface area contributed by atoms with Gasteiger partial charge in [-0.2, -0.15) is 0 Å². The lowest BCUT2D eigenvalue weighted by atomic mass is 10.1.